The molecular formula is C34H44O19. The molecule has 1 aromatic carbocycles. The second kappa shape index (κ2) is 17.5. The van der Waals surface area contributed by atoms with Gasteiger partial charge in [0.2, 0.25) is 12.0 Å². The minimum atomic E-state index is -1.83. The Hall–Kier alpha value is -3.86. The van der Waals surface area contributed by atoms with Crippen molar-refractivity contribution in [2.24, 2.45) is 11.8 Å². The molecule has 0 bridgehead atoms. The molecule has 19 nitrogen and oxygen atoms in total. The Morgan fingerprint density at radius 2 is 1.43 bits per heavy atom. The van der Waals surface area contributed by atoms with Crippen molar-refractivity contribution in [3.05, 3.63) is 47.3 Å². The van der Waals surface area contributed by atoms with Gasteiger partial charge in [-0.1, -0.05) is 6.08 Å². The molecule has 53 heavy (non-hydrogen) atoms. The lowest BCUT2D eigenvalue weighted by Gasteiger charge is -2.44. The maximum Gasteiger partial charge on any atom is 0.337 e. The number of phenolic OH excluding ortho intramolecular Hbond substituents is 1. The first-order valence-corrected chi connectivity index (χ1v) is 16.5. The van der Waals surface area contributed by atoms with Gasteiger partial charge in [-0.3, -0.25) is 0 Å². The quantitative estimate of drug-likeness (QED) is 0.0591. The molecule has 0 spiro atoms. The van der Waals surface area contributed by atoms with Crippen molar-refractivity contribution in [1.29, 1.82) is 0 Å². The van der Waals surface area contributed by atoms with Crippen LogP contribution in [0.25, 0.3) is 6.08 Å². The average Bonchev–Trinajstić information content (AvgIpc) is 3.61. The lowest BCUT2D eigenvalue weighted by atomic mass is 9.83. The first-order valence-electron chi connectivity index (χ1n) is 16.5. The monoisotopic (exact) mass is 756 g/mol. The van der Waals surface area contributed by atoms with E-state index in [1.807, 2.05) is 0 Å². The molecular weight excluding hydrogens is 712 g/mol. The number of esters is 2. The Morgan fingerprint density at radius 3 is 2.04 bits per heavy atom. The van der Waals surface area contributed by atoms with Crippen LogP contribution in [0.5, 0.6) is 17.2 Å². The van der Waals surface area contributed by atoms with E-state index < -0.39 is 105 Å². The molecule has 2 saturated heterocycles. The van der Waals surface area contributed by atoms with E-state index in [2.05, 4.69) is 0 Å². The van der Waals surface area contributed by atoms with Gasteiger partial charge >= 0.3 is 11.9 Å². The number of aromatic hydroxyl groups is 1. The van der Waals surface area contributed by atoms with Crippen LogP contribution in [-0.4, -0.2) is 162 Å². The average molecular weight is 757 g/mol. The van der Waals surface area contributed by atoms with Crippen LogP contribution in [0.3, 0.4) is 0 Å². The first-order chi connectivity index (χ1) is 25.3. The van der Waals surface area contributed by atoms with Gasteiger partial charge in [-0.2, -0.15) is 0 Å². The highest BCUT2D eigenvalue weighted by molar-refractivity contribution is 5.89. The van der Waals surface area contributed by atoms with Gasteiger partial charge in [0, 0.05) is 12.0 Å². The molecule has 3 heterocycles. The van der Waals surface area contributed by atoms with Crippen molar-refractivity contribution in [2.75, 3.05) is 41.2 Å². The molecule has 0 unspecified atom stereocenters. The molecule has 19 heteroatoms. The maximum absolute atomic E-state index is 12.5. The number of allylic oxidation sites excluding steroid dienone is 1. The number of fused-ring (bicyclic) bond motifs is 1. The van der Waals surface area contributed by atoms with Gasteiger partial charge in [0.05, 0.1) is 52.3 Å². The Kier molecular flexibility index (Phi) is 13.3. The number of hydrogen-bond acceptors (Lipinski definition) is 19. The Morgan fingerprint density at radius 1 is 0.830 bits per heavy atom. The molecule has 0 amide bonds. The van der Waals surface area contributed by atoms with Gasteiger partial charge in [-0.25, -0.2) is 9.59 Å². The number of aliphatic hydroxyl groups excluding tert-OH is 7. The molecule has 294 valence electrons. The molecule has 0 saturated carbocycles. The van der Waals surface area contributed by atoms with Crippen LogP contribution in [0.2, 0.25) is 0 Å². The van der Waals surface area contributed by atoms with E-state index in [1.165, 1.54) is 39.5 Å². The molecule has 8 N–H and O–H groups in total. The summed E-state index contributed by atoms with van der Waals surface area (Å²) in [7, 11) is 3.89. The lowest BCUT2D eigenvalue weighted by Crippen LogP contribution is -2.62. The topological polar surface area (TPSA) is 279 Å². The second-order valence-corrected chi connectivity index (χ2v) is 12.6. The van der Waals surface area contributed by atoms with E-state index in [1.54, 1.807) is 6.08 Å². The van der Waals surface area contributed by atoms with E-state index in [0.717, 1.165) is 12.3 Å². The Labute approximate surface area is 302 Å². The highest BCUT2D eigenvalue weighted by Crippen LogP contribution is 2.44. The molecule has 1 aliphatic carbocycles. The molecule has 5 rings (SSSR count). The Balaban J connectivity index is 1.20. The molecule has 0 aromatic heterocycles. The summed E-state index contributed by atoms with van der Waals surface area (Å²) in [5, 5.41) is 83.6. The van der Waals surface area contributed by atoms with Crippen LogP contribution in [0.1, 0.15) is 12.0 Å². The summed E-state index contributed by atoms with van der Waals surface area (Å²) in [5.74, 6) is -2.73. The van der Waals surface area contributed by atoms with Gasteiger partial charge in [0.15, 0.2) is 24.1 Å². The van der Waals surface area contributed by atoms with Crippen molar-refractivity contribution in [3.8, 4) is 17.2 Å². The number of methoxy groups -OCH3 is 3. The fraction of sp³-hybridized carbons (Fsp3) is 0.588. The van der Waals surface area contributed by atoms with E-state index >= 15 is 0 Å². The first kappa shape index (κ1) is 40.3. The number of benzene rings is 1. The van der Waals surface area contributed by atoms with Crippen LogP contribution >= 0.6 is 0 Å². The zero-order valence-corrected chi connectivity index (χ0v) is 28.9. The zero-order chi connectivity index (χ0) is 38.6. The van der Waals surface area contributed by atoms with E-state index in [4.69, 9.17) is 42.6 Å². The minimum absolute atomic E-state index is 0.0945. The minimum Gasteiger partial charge on any atom is -0.502 e. The summed E-state index contributed by atoms with van der Waals surface area (Å²) in [6, 6.07) is 2.88. The zero-order valence-electron chi connectivity index (χ0n) is 28.9. The molecule has 13 atom stereocenters. The SMILES string of the molecule is COC(=O)C1=CO[C@@H](O[C@@H]2O[C@H](CO[C@@H]3O[C@H](COC(=O)C=Cc4cc(OC)c(O)c(OC)c4)[C@@H](O)[C@H](O)[C@H]3O)[C@@H](O)[C@H](O)[C@H]2O)[C@@H]2C(CO)=CC[C@H]12. The summed E-state index contributed by atoms with van der Waals surface area (Å²) in [5.41, 5.74) is 1.12. The fourth-order valence-corrected chi connectivity index (χ4v) is 6.49. The summed E-state index contributed by atoms with van der Waals surface area (Å²) < 4.78 is 48.6. The van der Waals surface area contributed by atoms with Gasteiger partial charge in [0.1, 0.15) is 55.4 Å². The van der Waals surface area contributed by atoms with E-state index in [-0.39, 0.29) is 29.4 Å². The Bertz CT molecular complexity index is 1520. The number of ether oxygens (including phenoxy) is 9. The van der Waals surface area contributed by atoms with Crippen molar-refractivity contribution >= 4 is 18.0 Å². The number of aliphatic hydroxyl groups is 7. The van der Waals surface area contributed by atoms with Gasteiger partial charge in [-0.15, -0.1) is 0 Å². The second-order valence-electron chi connectivity index (χ2n) is 12.6. The number of phenols is 1. The van der Waals surface area contributed by atoms with Crippen molar-refractivity contribution in [1.82, 2.24) is 0 Å². The highest BCUT2D eigenvalue weighted by Gasteiger charge is 2.51. The van der Waals surface area contributed by atoms with Crippen LogP contribution in [0.4, 0.5) is 0 Å². The summed E-state index contributed by atoms with van der Waals surface area (Å²) in [6.45, 7) is -1.59. The predicted octanol–water partition coefficient (Wildman–Crippen LogP) is -2.42. The highest BCUT2D eigenvalue weighted by atomic mass is 16.8. The molecule has 1 aromatic rings. The normalized spacial score (nSPS) is 35.5. The maximum atomic E-state index is 12.5. The number of carbonyl (C=O) groups excluding carboxylic acids is 2. The largest absolute Gasteiger partial charge is 0.502 e. The third-order valence-electron chi connectivity index (χ3n) is 9.45. The van der Waals surface area contributed by atoms with Crippen LogP contribution in [0, 0.1) is 11.8 Å². The van der Waals surface area contributed by atoms with Gasteiger partial charge < -0.3 is 83.5 Å². The standard InChI is InChI=1S/C34H44O19/c1-45-18-8-14(9-19(46-2)24(18)37)4-7-22(36)48-12-20-25(38)27(40)29(42)33(51-20)50-13-21-26(39)28(41)30(43)34(52-21)53-32-23-15(10-35)5-6-16(23)17(11-49-32)31(44)47-3/h4-5,7-9,11,16,20-21,23,25-30,32-35,37-43H,6,10,12-13H2,1-3H3/t16-,20-,21-,23-,25-,26-,27+,28+,29-,30-,32+,33-,34+/m1/s1. The molecule has 0 radical (unpaired) electrons. The van der Waals surface area contributed by atoms with Crippen molar-refractivity contribution < 1.29 is 93.1 Å². The molecule has 4 aliphatic rings. The fourth-order valence-electron chi connectivity index (χ4n) is 6.49. The molecule has 2 fully saturated rings. The third-order valence-corrected chi connectivity index (χ3v) is 9.45. The number of hydrogen-bond donors (Lipinski definition) is 8. The van der Waals surface area contributed by atoms with Crippen LogP contribution in [0.15, 0.2) is 41.7 Å². The number of carbonyl (C=O) groups is 2. The summed E-state index contributed by atoms with van der Waals surface area (Å²) >= 11 is 0. The van der Waals surface area contributed by atoms with Crippen molar-refractivity contribution in [2.45, 2.75) is 74.1 Å². The number of rotatable bonds is 13. The summed E-state index contributed by atoms with van der Waals surface area (Å²) in [4.78, 5) is 24.8. The van der Waals surface area contributed by atoms with E-state index in [9.17, 15) is 50.4 Å². The predicted molar refractivity (Wildman–Crippen MR) is 173 cm³/mol. The summed E-state index contributed by atoms with van der Waals surface area (Å²) in [6.07, 6.45) is -12.4. The lowest BCUT2D eigenvalue weighted by molar-refractivity contribution is -0.352. The van der Waals surface area contributed by atoms with Crippen LogP contribution < -0.4 is 9.47 Å². The smallest absolute Gasteiger partial charge is 0.337 e. The van der Waals surface area contributed by atoms with E-state index in [0.29, 0.717) is 17.6 Å². The third kappa shape index (κ3) is 8.60. The molecule has 3 aliphatic heterocycles. The van der Waals surface area contributed by atoms with Gasteiger partial charge in [0.25, 0.3) is 0 Å². The van der Waals surface area contributed by atoms with Gasteiger partial charge in [-0.05, 0) is 35.8 Å². The van der Waals surface area contributed by atoms with Crippen LogP contribution in [-0.2, 0) is 42.7 Å². The van der Waals surface area contributed by atoms with Crippen molar-refractivity contribution in [3.63, 3.8) is 0 Å².